The van der Waals surface area contributed by atoms with Crippen LogP contribution in [0.1, 0.15) is 19.3 Å². The van der Waals surface area contributed by atoms with Gasteiger partial charge in [-0.1, -0.05) is 11.3 Å². The predicted octanol–water partition coefficient (Wildman–Crippen LogP) is 2.83. The highest BCUT2D eigenvalue weighted by Crippen LogP contribution is 2.32. The molecule has 2 aromatic rings. The minimum absolute atomic E-state index is 0.421. The lowest BCUT2D eigenvalue weighted by Crippen LogP contribution is -2.35. The van der Waals surface area contributed by atoms with Crippen LogP contribution in [-0.4, -0.2) is 42.5 Å². The lowest BCUT2D eigenvalue weighted by molar-refractivity contribution is -0.118. The molecule has 1 aromatic heterocycles. The molecule has 2 aliphatic heterocycles. The molecule has 2 fully saturated rings. The van der Waals surface area contributed by atoms with E-state index in [1.165, 1.54) is 12.8 Å². The van der Waals surface area contributed by atoms with Crippen LogP contribution in [0.4, 0.5) is 19.6 Å². The van der Waals surface area contributed by atoms with E-state index in [0.717, 1.165) is 28.4 Å². The summed E-state index contributed by atoms with van der Waals surface area (Å²) in [4.78, 5) is 19.0. The number of nitrogens with zero attached hydrogens (tertiary/aromatic N) is 2. The Hall–Kier alpha value is -1.80. The van der Waals surface area contributed by atoms with E-state index in [1.807, 2.05) is 12.1 Å². The van der Waals surface area contributed by atoms with Gasteiger partial charge in [0.25, 0.3) is 5.92 Å². The van der Waals surface area contributed by atoms with E-state index >= 15 is 0 Å². The summed E-state index contributed by atoms with van der Waals surface area (Å²) in [5.74, 6) is -3.23. The molecule has 4 rings (SSSR count). The number of hydrogen-bond donors (Lipinski definition) is 2. The molecule has 0 radical (unpaired) electrons. The maximum Gasteiger partial charge on any atom is 0.262 e. The lowest BCUT2D eigenvalue weighted by Gasteiger charge is -2.11. The molecule has 2 saturated heterocycles. The van der Waals surface area contributed by atoms with E-state index in [9.17, 15) is 13.6 Å². The standard InChI is InChI=1S/C16H18F2N4OS/c17-16(18)8-12(19-9-16)14(23)20-10-3-4-11-13(7-10)24-15(21-11)22-5-1-2-6-22/h3-4,7,12,19H,1-2,5-6,8-9H2,(H,20,23). The minimum atomic E-state index is -2.81. The maximum absolute atomic E-state index is 13.2. The van der Waals surface area contributed by atoms with Crippen LogP contribution in [-0.2, 0) is 4.79 Å². The van der Waals surface area contributed by atoms with E-state index in [4.69, 9.17) is 0 Å². The van der Waals surface area contributed by atoms with Crippen LogP contribution in [0.25, 0.3) is 10.2 Å². The molecule has 24 heavy (non-hydrogen) atoms. The molecule has 0 spiro atoms. The second kappa shape index (κ2) is 5.93. The third kappa shape index (κ3) is 3.08. The first-order valence-corrected chi connectivity index (χ1v) is 8.89. The van der Waals surface area contributed by atoms with Crippen LogP contribution in [0.2, 0.25) is 0 Å². The van der Waals surface area contributed by atoms with Crippen molar-refractivity contribution in [3.63, 3.8) is 0 Å². The van der Waals surface area contributed by atoms with Gasteiger partial charge < -0.3 is 10.2 Å². The summed E-state index contributed by atoms with van der Waals surface area (Å²) in [7, 11) is 0. The summed E-state index contributed by atoms with van der Waals surface area (Å²) in [6.07, 6.45) is 1.92. The Morgan fingerprint density at radius 3 is 2.88 bits per heavy atom. The number of nitrogens with one attached hydrogen (secondary N) is 2. The fourth-order valence-corrected chi connectivity index (χ4v) is 4.22. The van der Waals surface area contributed by atoms with Gasteiger partial charge in [-0.05, 0) is 31.0 Å². The Morgan fingerprint density at radius 2 is 2.17 bits per heavy atom. The van der Waals surface area contributed by atoms with E-state index in [0.29, 0.717) is 5.69 Å². The number of benzene rings is 1. The van der Waals surface area contributed by atoms with E-state index in [-0.39, 0.29) is 0 Å². The number of amides is 1. The van der Waals surface area contributed by atoms with Crippen molar-refractivity contribution < 1.29 is 13.6 Å². The van der Waals surface area contributed by atoms with Gasteiger partial charge in [-0.2, -0.15) is 0 Å². The van der Waals surface area contributed by atoms with Crippen molar-refractivity contribution in [1.29, 1.82) is 0 Å². The Bertz CT molecular complexity index is 773. The zero-order valence-electron chi connectivity index (χ0n) is 13.0. The van der Waals surface area contributed by atoms with E-state index < -0.39 is 30.8 Å². The van der Waals surface area contributed by atoms with Crippen LogP contribution in [0.3, 0.4) is 0 Å². The number of carbonyl (C=O) groups is 1. The second-order valence-electron chi connectivity index (χ2n) is 6.36. The normalized spacial score (nSPS) is 23.1. The molecule has 2 N–H and O–H groups in total. The first-order valence-electron chi connectivity index (χ1n) is 8.08. The van der Waals surface area contributed by atoms with Crippen LogP contribution in [0, 0.1) is 0 Å². The van der Waals surface area contributed by atoms with Crippen molar-refractivity contribution in [1.82, 2.24) is 10.3 Å². The zero-order chi connectivity index (χ0) is 16.7. The Kier molecular flexibility index (Phi) is 3.88. The zero-order valence-corrected chi connectivity index (χ0v) is 13.8. The van der Waals surface area contributed by atoms with Gasteiger partial charge in [0, 0.05) is 25.2 Å². The van der Waals surface area contributed by atoms with Crippen LogP contribution in [0.5, 0.6) is 0 Å². The number of rotatable bonds is 3. The molecule has 128 valence electrons. The molecule has 2 aliphatic rings. The number of anilines is 2. The molecule has 1 unspecified atom stereocenters. The lowest BCUT2D eigenvalue weighted by atomic mass is 10.2. The molecule has 1 amide bonds. The summed E-state index contributed by atoms with van der Waals surface area (Å²) in [6, 6.07) is 4.63. The molecule has 0 saturated carbocycles. The average molecular weight is 352 g/mol. The van der Waals surface area contributed by atoms with Gasteiger partial charge in [-0.15, -0.1) is 0 Å². The first-order chi connectivity index (χ1) is 11.5. The number of carbonyl (C=O) groups excluding carboxylic acids is 1. The fourth-order valence-electron chi connectivity index (χ4n) is 3.16. The van der Waals surface area contributed by atoms with Crippen LogP contribution in [0.15, 0.2) is 18.2 Å². The number of thiazole rings is 1. The largest absolute Gasteiger partial charge is 0.348 e. The molecule has 1 aromatic carbocycles. The van der Waals surface area contributed by atoms with Crippen molar-refractivity contribution in [2.75, 3.05) is 29.9 Å². The molecule has 1 atom stereocenters. The molecule has 3 heterocycles. The highest BCUT2D eigenvalue weighted by atomic mass is 32.1. The van der Waals surface area contributed by atoms with Gasteiger partial charge in [0.05, 0.1) is 22.8 Å². The molecule has 5 nitrogen and oxygen atoms in total. The highest BCUT2D eigenvalue weighted by Gasteiger charge is 2.42. The Morgan fingerprint density at radius 1 is 1.38 bits per heavy atom. The molecule has 8 heteroatoms. The molecule has 0 bridgehead atoms. The first kappa shape index (κ1) is 15.7. The SMILES string of the molecule is O=C(Nc1ccc2nc(N3CCCC3)sc2c1)C1CC(F)(F)CN1. The van der Waals surface area contributed by atoms with Gasteiger partial charge in [-0.25, -0.2) is 13.8 Å². The minimum Gasteiger partial charge on any atom is -0.348 e. The van der Waals surface area contributed by atoms with Crippen molar-refractivity contribution in [2.24, 2.45) is 0 Å². The quantitative estimate of drug-likeness (QED) is 0.892. The van der Waals surface area contributed by atoms with E-state index in [2.05, 4.69) is 20.5 Å². The fraction of sp³-hybridized carbons (Fsp3) is 0.500. The Labute approximate surface area is 142 Å². The number of aromatic nitrogens is 1. The van der Waals surface area contributed by atoms with Crippen molar-refractivity contribution in [3.8, 4) is 0 Å². The monoisotopic (exact) mass is 352 g/mol. The number of alkyl halides is 2. The van der Waals surface area contributed by atoms with Gasteiger partial charge in [0.2, 0.25) is 5.91 Å². The smallest absolute Gasteiger partial charge is 0.262 e. The summed E-state index contributed by atoms with van der Waals surface area (Å²) < 4.78 is 27.4. The second-order valence-corrected chi connectivity index (χ2v) is 7.37. The Balaban J connectivity index is 1.49. The van der Waals surface area contributed by atoms with Gasteiger partial charge in [0.15, 0.2) is 5.13 Å². The topological polar surface area (TPSA) is 57.3 Å². The van der Waals surface area contributed by atoms with Gasteiger partial charge >= 0.3 is 0 Å². The van der Waals surface area contributed by atoms with Crippen LogP contribution >= 0.6 is 11.3 Å². The van der Waals surface area contributed by atoms with Gasteiger partial charge in [0.1, 0.15) is 0 Å². The predicted molar refractivity (Wildman–Crippen MR) is 91.1 cm³/mol. The number of fused-ring (bicyclic) bond motifs is 1. The summed E-state index contributed by atoms with van der Waals surface area (Å²) >= 11 is 1.60. The van der Waals surface area contributed by atoms with Crippen LogP contribution < -0.4 is 15.5 Å². The molecular weight excluding hydrogens is 334 g/mol. The summed E-state index contributed by atoms with van der Waals surface area (Å²) in [5, 5.41) is 6.29. The third-order valence-electron chi connectivity index (χ3n) is 4.45. The molecule has 0 aliphatic carbocycles. The maximum atomic E-state index is 13.2. The summed E-state index contributed by atoms with van der Waals surface area (Å²) in [5.41, 5.74) is 1.51. The van der Waals surface area contributed by atoms with E-state index in [1.54, 1.807) is 17.4 Å². The number of halogens is 2. The highest BCUT2D eigenvalue weighted by molar-refractivity contribution is 7.22. The van der Waals surface area contributed by atoms with Gasteiger partial charge in [-0.3, -0.25) is 10.1 Å². The van der Waals surface area contributed by atoms with Crippen molar-refractivity contribution >= 4 is 38.3 Å². The number of hydrogen-bond acceptors (Lipinski definition) is 5. The third-order valence-corrected chi connectivity index (χ3v) is 5.53. The molecular formula is C16H18F2N4OS. The van der Waals surface area contributed by atoms with Crippen molar-refractivity contribution in [2.45, 2.75) is 31.2 Å². The average Bonchev–Trinajstić information content (AvgIpc) is 3.24. The van der Waals surface area contributed by atoms with Crippen molar-refractivity contribution in [3.05, 3.63) is 18.2 Å². The summed E-state index contributed by atoms with van der Waals surface area (Å²) in [6.45, 7) is 1.62.